The molecule has 2 N–H and O–H groups in total. The summed E-state index contributed by atoms with van der Waals surface area (Å²) >= 11 is 0. The quantitative estimate of drug-likeness (QED) is 0.847. The van der Waals surface area contributed by atoms with E-state index in [1.165, 1.54) is 0 Å². The van der Waals surface area contributed by atoms with E-state index in [2.05, 4.69) is 10.3 Å². The van der Waals surface area contributed by atoms with Crippen LogP contribution in [0.1, 0.15) is 17.2 Å². The van der Waals surface area contributed by atoms with E-state index < -0.39 is 0 Å². The number of aromatic nitrogens is 1. The fraction of sp³-hybridized carbons (Fsp3) is 0.267. The number of pyridine rings is 1. The van der Waals surface area contributed by atoms with Crippen molar-refractivity contribution in [3.8, 4) is 0 Å². The summed E-state index contributed by atoms with van der Waals surface area (Å²) in [6, 6.07) is 15.9. The molecule has 0 aliphatic rings. The number of aryl methyl sites for hydroxylation is 1. The third-order valence-electron chi connectivity index (χ3n) is 2.91. The topological polar surface area (TPSA) is 45.1 Å². The summed E-state index contributed by atoms with van der Waals surface area (Å²) in [7, 11) is 0. The van der Waals surface area contributed by atoms with E-state index >= 15 is 0 Å². The van der Waals surface area contributed by atoms with Gasteiger partial charge >= 0.3 is 0 Å². The first-order valence-electron chi connectivity index (χ1n) is 6.13. The van der Waals surface area contributed by atoms with Crippen molar-refractivity contribution >= 4 is 5.82 Å². The largest absolute Gasteiger partial charge is 0.396 e. The summed E-state index contributed by atoms with van der Waals surface area (Å²) in [6.45, 7) is 2.77. The number of nitrogens with one attached hydrogen (secondary N) is 1. The van der Waals surface area contributed by atoms with Crippen molar-refractivity contribution in [2.45, 2.75) is 12.8 Å². The van der Waals surface area contributed by atoms with Crippen LogP contribution in [0.25, 0.3) is 0 Å². The molecule has 3 nitrogen and oxygen atoms in total. The molecule has 0 aliphatic heterocycles. The van der Waals surface area contributed by atoms with Crippen molar-refractivity contribution in [3.63, 3.8) is 0 Å². The predicted molar refractivity (Wildman–Crippen MR) is 73.7 cm³/mol. The Morgan fingerprint density at radius 1 is 1.11 bits per heavy atom. The second kappa shape index (κ2) is 6.17. The van der Waals surface area contributed by atoms with Gasteiger partial charge < -0.3 is 10.4 Å². The van der Waals surface area contributed by atoms with Crippen LogP contribution in [0.5, 0.6) is 0 Å². The van der Waals surface area contributed by atoms with Gasteiger partial charge in [0.2, 0.25) is 0 Å². The molecule has 3 heteroatoms. The lowest BCUT2D eigenvalue weighted by Gasteiger charge is -2.16. The maximum atomic E-state index is 9.45. The average Bonchev–Trinajstić information content (AvgIpc) is 2.41. The number of benzene rings is 1. The van der Waals surface area contributed by atoms with Crippen LogP contribution >= 0.6 is 0 Å². The Bertz CT molecular complexity index is 485. The number of aliphatic hydroxyl groups excluding tert-OH is 1. The average molecular weight is 242 g/mol. The highest BCUT2D eigenvalue weighted by Crippen LogP contribution is 2.15. The van der Waals surface area contributed by atoms with Crippen molar-refractivity contribution in [1.82, 2.24) is 4.98 Å². The number of rotatable bonds is 5. The minimum absolute atomic E-state index is 0.0912. The summed E-state index contributed by atoms with van der Waals surface area (Å²) in [5.41, 5.74) is 2.13. The highest BCUT2D eigenvalue weighted by molar-refractivity contribution is 5.36. The van der Waals surface area contributed by atoms with E-state index in [9.17, 15) is 5.11 Å². The Labute approximate surface area is 108 Å². The molecule has 1 aromatic heterocycles. The van der Waals surface area contributed by atoms with Gasteiger partial charge in [-0.3, -0.25) is 0 Å². The number of hydrogen-bond acceptors (Lipinski definition) is 3. The molecule has 1 heterocycles. The standard InChI is InChI=1S/C15H18N2O/c1-12-6-5-9-15(17-12)16-10-14(11-18)13-7-3-2-4-8-13/h2-9,14,18H,10-11H2,1H3,(H,16,17)/t14-/m0/s1. The van der Waals surface area contributed by atoms with Gasteiger partial charge in [0.15, 0.2) is 0 Å². The van der Waals surface area contributed by atoms with Gasteiger partial charge in [-0.25, -0.2) is 4.98 Å². The van der Waals surface area contributed by atoms with Gasteiger partial charge in [0, 0.05) is 18.2 Å². The van der Waals surface area contributed by atoms with Crippen LogP contribution in [0.15, 0.2) is 48.5 Å². The van der Waals surface area contributed by atoms with E-state index in [-0.39, 0.29) is 12.5 Å². The molecule has 0 unspecified atom stereocenters. The molecule has 18 heavy (non-hydrogen) atoms. The molecule has 0 saturated carbocycles. The van der Waals surface area contributed by atoms with Crippen LogP contribution in [-0.2, 0) is 0 Å². The molecular weight excluding hydrogens is 224 g/mol. The molecule has 0 bridgehead atoms. The Morgan fingerprint density at radius 3 is 2.56 bits per heavy atom. The first-order valence-corrected chi connectivity index (χ1v) is 6.13. The highest BCUT2D eigenvalue weighted by Gasteiger charge is 2.09. The van der Waals surface area contributed by atoms with Crippen LogP contribution in [0, 0.1) is 6.92 Å². The lowest BCUT2D eigenvalue weighted by molar-refractivity contribution is 0.270. The number of nitrogens with zero attached hydrogens (tertiary/aromatic N) is 1. The van der Waals surface area contributed by atoms with Crippen LogP contribution < -0.4 is 5.32 Å². The van der Waals surface area contributed by atoms with Crippen LogP contribution in [0.4, 0.5) is 5.82 Å². The van der Waals surface area contributed by atoms with Crippen LogP contribution in [-0.4, -0.2) is 23.2 Å². The molecular formula is C15H18N2O. The Morgan fingerprint density at radius 2 is 1.89 bits per heavy atom. The molecule has 1 atom stereocenters. The van der Waals surface area contributed by atoms with E-state index in [1.807, 2.05) is 55.5 Å². The summed E-state index contributed by atoms with van der Waals surface area (Å²) in [6.07, 6.45) is 0. The fourth-order valence-corrected chi connectivity index (χ4v) is 1.88. The zero-order valence-corrected chi connectivity index (χ0v) is 10.5. The third-order valence-corrected chi connectivity index (χ3v) is 2.91. The maximum Gasteiger partial charge on any atom is 0.126 e. The van der Waals surface area contributed by atoms with Crippen molar-refractivity contribution in [1.29, 1.82) is 0 Å². The summed E-state index contributed by atoms with van der Waals surface area (Å²) in [5.74, 6) is 0.942. The maximum absolute atomic E-state index is 9.45. The second-order valence-electron chi connectivity index (χ2n) is 4.34. The van der Waals surface area contributed by atoms with Crippen molar-refractivity contribution < 1.29 is 5.11 Å². The number of aliphatic hydroxyl groups is 1. The smallest absolute Gasteiger partial charge is 0.126 e. The van der Waals surface area contributed by atoms with Crippen molar-refractivity contribution in [2.24, 2.45) is 0 Å². The van der Waals surface area contributed by atoms with Gasteiger partial charge in [0.25, 0.3) is 0 Å². The Hall–Kier alpha value is -1.87. The first-order chi connectivity index (χ1) is 8.79. The van der Waals surface area contributed by atoms with Gasteiger partial charge in [-0.2, -0.15) is 0 Å². The SMILES string of the molecule is Cc1cccc(NC[C@@H](CO)c2ccccc2)n1. The van der Waals surface area contributed by atoms with E-state index in [0.717, 1.165) is 17.1 Å². The van der Waals surface area contributed by atoms with Gasteiger partial charge in [-0.1, -0.05) is 36.4 Å². The summed E-state index contributed by atoms with van der Waals surface area (Å²) < 4.78 is 0. The van der Waals surface area contributed by atoms with Gasteiger partial charge in [-0.05, 0) is 24.6 Å². The van der Waals surface area contributed by atoms with Crippen molar-refractivity contribution in [3.05, 3.63) is 59.8 Å². The predicted octanol–water partition coefficient (Wildman–Crippen LogP) is 2.58. The normalized spacial score (nSPS) is 12.1. The first kappa shape index (κ1) is 12.6. The summed E-state index contributed by atoms with van der Waals surface area (Å²) in [5, 5.41) is 12.7. The second-order valence-corrected chi connectivity index (χ2v) is 4.34. The minimum Gasteiger partial charge on any atom is -0.396 e. The molecule has 0 fully saturated rings. The molecule has 2 aromatic rings. The van der Waals surface area contributed by atoms with Crippen LogP contribution in [0.3, 0.4) is 0 Å². The Kier molecular flexibility index (Phi) is 4.31. The Balaban J connectivity index is 2.00. The molecule has 0 radical (unpaired) electrons. The molecule has 0 aliphatic carbocycles. The van der Waals surface area contributed by atoms with Crippen LogP contribution in [0.2, 0.25) is 0 Å². The number of hydrogen-bond donors (Lipinski definition) is 2. The molecule has 0 saturated heterocycles. The highest BCUT2D eigenvalue weighted by atomic mass is 16.3. The summed E-state index contributed by atoms with van der Waals surface area (Å²) in [4.78, 5) is 4.38. The zero-order valence-electron chi connectivity index (χ0n) is 10.5. The molecule has 0 amide bonds. The lowest BCUT2D eigenvalue weighted by Crippen LogP contribution is -2.16. The lowest BCUT2D eigenvalue weighted by atomic mass is 10.0. The van der Waals surface area contributed by atoms with E-state index in [0.29, 0.717) is 6.54 Å². The molecule has 94 valence electrons. The van der Waals surface area contributed by atoms with Gasteiger partial charge in [0.05, 0.1) is 6.61 Å². The number of anilines is 1. The van der Waals surface area contributed by atoms with Crippen molar-refractivity contribution in [2.75, 3.05) is 18.5 Å². The molecule has 2 rings (SSSR count). The van der Waals surface area contributed by atoms with E-state index in [1.54, 1.807) is 0 Å². The minimum atomic E-state index is 0.0912. The zero-order chi connectivity index (χ0) is 12.8. The molecule has 0 spiro atoms. The molecule has 1 aromatic carbocycles. The van der Waals surface area contributed by atoms with E-state index in [4.69, 9.17) is 0 Å². The van der Waals surface area contributed by atoms with Gasteiger partial charge in [0.1, 0.15) is 5.82 Å². The third kappa shape index (κ3) is 3.31. The van der Waals surface area contributed by atoms with Gasteiger partial charge in [-0.15, -0.1) is 0 Å². The fourth-order valence-electron chi connectivity index (χ4n) is 1.88. The monoisotopic (exact) mass is 242 g/mol.